The molecule has 0 aromatic heterocycles. The Kier molecular flexibility index (Phi) is 4.34. The molecular formula is C11H12F3NO. The zero-order chi connectivity index (χ0) is 12.1. The minimum Gasteiger partial charge on any atom is -0.352 e. The second-order valence-electron chi connectivity index (χ2n) is 3.36. The Labute approximate surface area is 91.5 Å². The molecule has 1 amide bonds. The van der Waals surface area contributed by atoms with E-state index in [-0.39, 0.29) is 5.56 Å². The van der Waals surface area contributed by atoms with Crippen LogP contribution in [0.25, 0.3) is 0 Å². The Morgan fingerprint density at radius 3 is 2.31 bits per heavy atom. The van der Waals surface area contributed by atoms with E-state index in [4.69, 9.17) is 0 Å². The third-order valence-corrected chi connectivity index (χ3v) is 2.06. The van der Waals surface area contributed by atoms with Crippen molar-refractivity contribution in [3.05, 3.63) is 35.1 Å². The van der Waals surface area contributed by atoms with Crippen LogP contribution in [0.2, 0.25) is 0 Å². The van der Waals surface area contributed by atoms with E-state index in [2.05, 4.69) is 5.32 Å². The molecule has 0 aliphatic carbocycles. The molecule has 5 heteroatoms. The fraction of sp³-hybridized carbons (Fsp3) is 0.364. The zero-order valence-electron chi connectivity index (χ0n) is 8.82. The largest absolute Gasteiger partial charge is 0.352 e. The summed E-state index contributed by atoms with van der Waals surface area (Å²) < 4.78 is 38.2. The zero-order valence-corrected chi connectivity index (χ0v) is 8.82. The van der Waals surface area contributed by atoms with Crippen molar-refractivity contribution in [1.82, 2.24) is 5.32 Å². The molecule has 0 fully saturated rings. The topological polar surface area (TPSA) is 29.1 Å². The summed E-state index contributed by atoms with van der Waals surface area (Å²) in [6, 6.07) is 1.36. The van der Waals surface area contributed by atoms with Gasteiger partial charge in [-0.15, -0.1) is 0 Å². The number of hydrogen-bond donors (Lipinski definition) is 1. The summed E-state index contributed by atoms with van der Waals surface area (Å²) in [6.07, 6.45) is 1.67. The van der Waals surface area contributed by atoms with Crippen LogP contribution in [0.1, 0.15) is 30.1 Å². The Morgan fingerprint density at radius 2 is 1.81 bits per heavy atom. The highest BCUT2D eigenvalue weighted by Gasteiger charge is 2.14. The summed E-state index contributed by atoms with van der Waals surface area (Å²) in [7, 11) is 0. The lowest BCUT2D eigenvalue weighted by molar-refractivity contribution is 0.0952. The molecule has 0 saturated heterocycles. The highest BCUT2D eigenvalue weighted by Crippen LogP contribution is 2.13. The van der Waals surface area contributed by atoms with E-state index in [1.165, 1.54) is 0 Å². The lowest BCUT2D eigenvalue weighted by Gasteiger charge is -2.05. The molecule has 1 aromatic rings. The second kappa shape index (κ2) is 5.53. The van der Waals surface area contributed by atoms with Gasteiger partial charge in [0, 0.05) is 12.1 Å². The summed E-state index contributed by atoms with van der Waals surface area (Å²) in [4.78, 5) is 11.4. The van der Waals surface area contributed by atoms with Gasteiger partial charge in [-0.1, -0.05) is 13.3 Å². The lowest BCUT2D eigenvalue weighted by Crippen LogP contribution is -2.24. The molecule has 88 valence electrons. The number of benzene rings is 1. The molecule has 2 nitrogen and oxygen atoms in total. The van der Waals surface area contributed by atoms with Crippen LogP contribution in [0.15, 0.2) is 12.1 Å². The van der Waals surface area contributed by atoms with Gasteiger partial charge in [-0.3, -0.25) is 4.79 Å². The molecule has 0 atom stereocenters. The molecule has 0 radical (unpaired) electrons. The van der Waals surface area contributed by atoms with Crippen LogP contribution in [0.5, 0.6) is 0 Å². The molecule has 1 aromatic carbocycles. The van der Waals surface area contributed by atoms with Crippen LogP contribution in [0.3, 0.4) is 0 Å². The fourth-order valence-corrected chi connectivity index (χ4v) is 1.17. The van der Waals surface area contributed by atoms with Crippen molar-refractivity contribution < 1.29 is 18.0 Å². The molecule has 0 heterocycles. The van der Waals surface area contributed by atoms with E-state index < -0.39 is 23.4 Å². The van der Waals surface area contributed by atoms with E-state index in [0.717, 1.165) is 12.8 Å². The maximum atomic E-state index is 12.8. The van der Waals surface area contributed by atoms with Crippen molar-refractivity contribution in [1.29, 1.82) is 0 Å². The smallest absolute Gasteiger partial charge is 0.251 e. The third-order valence-electron chi connectivity index (χ3n) is 2.06. The van der Waals surface area contributed by atoms with E-state index in [0.29, 0.717) is 18.7 Å². The third kappa shape index (κ3) is 2.98. The Morgan fingerprint density at radius 1 is 1.25 bits per heavy atom. The van der Waals surface area contributed by atoms with E-state index >= 15 is 0 Å². The van der Waals surface area contributed by atoms with E-state index in [1.54, 1.807) is 0 Å². The SMILES string of the molecule is CCCCNC(=O)c1cc(F)c(F)c(F)c1. The van der Waals surface area contributed by atoms with Crippen LogP contribution < -0.4 is 5.32 Å². The van der Waals surface area contributed by atoms with Crippen LogP contribution >= 0.6 is 0 Å². The van der Waals surface area contributed by atoms with Crippen molar-refractivity contribution in [2.75, 3.05) is 6.54 Å². The van der Waals surface area contributed by atoms with Crippen LogP contribution in [0, 0.1) is 17.5 Å². The van der Waals surface area contributed by atoms with Gasteiger partial charge in [0.05, 0.1) is 0 Å². The first-order valence-corrected chi connectivity index (χ1v) is 4.99. The van der Waals surface area contributed by atoms with Gasteiger partial charge in [-0.25, -0.2) is 13.2 Å². The Hall–Kier alpha value is -1.52. The second-order valence-corrected chi connectivity index (χ2v) is 3.36. The summed E-state index contributed by atoms with van der Waals surface area (Å²) in [5.41, 5.74) is -0.215. The van der Waals surface area contributed by atoms with Gasteiger partial charge in [0.15, 0.2) is 17.5 Å². The predicted molar refractivity (Wildman–Crippen MR) is 53.6 cm³/mol. The molecule has 0 aliphatic heterocycles. The molecule has 1 rings (SSSR count). The summed E-state index contributed by atoms with van der Waals surface area (Å²) in [5.74, 6) is -4.89. The Balaban J connectivity index is 2.76. The summed E-state index contributed by atoms with van der Waals surface area (Å²) in [6.45, 7) is 2.37. The van der Waals surface area contributed by atoms with Gasteiger partial charge in [-0.05, 0) is 18.6 Å². The number of unbranched alkanes of at least 4 members (excludes halogenated alkanes) is 1. The van der Waals surface area contributed by atoms with Crippen molar-refractivity contribution in [3.63, 3.8) is 0 Å². The maximum Gasteiger partial charge on any atom is 0.251 e. The average Bonchev–Trinajstić information content (AvgIpc) is 2.25. The van der Waals surface area contributed by atoms with Crippen molar-refractivity contribution in [3.8, 4) is 0 Å². The van der Waals surface area contributed by atoms with Crippen LogP contribution in [-0.4, -0.2) is 12.5 Å². The first-order valence-electron chi connectivity index (χ1n) is 4.99. The van der Waals surface area contributed by atoms with Gasteiger partial charge in [0.25, 0.3) is 5.91 Å². The van der Waals surface area contributed by atoms with Gasteiger partial charge >= 0.3 is 0 Å². The molecule has 16 heavy (non-hydrogen) atoms. The molecule has 1 N–H and O–H groups in total. The van der Waals surface area contributed by atoms with Crippen LogP contribution in [0.4, 0.5) is 13.2 Å². The predicted octanol–water partition coefficient (Wildman–Crippen LogP) is 2.63. The minimum absolute atomic E-state index is 0.215. The minimum atomic E-state index is -1.56. The van der Waals surface area contributed by atoms with Gasteiger partial charge in [-0.2, -0.15) is 0 Å². The number of rotatable bonds is 4. The van der Waals surface area contributed by atoms with Crippen molar-refractivity contribution >= 4 is 5.91 Å². The highest BCUT2D eigenvalue weighted by molar-refractivity contribution is 5.94. The average molecular weight is 231 g/mol. The van der Waals surface area contributed by atoms with E-state index in [9.17, 15) is 18.0 Å². The van der Waals surface area contributed by atoms with Crippen molar-refractivity contribution in [2.45, 2.75) is 19.8 Å². The van der Waals surface area contributed by atoms with Gasteiger partial charge in [0.1, 0.15) is 0 Å². The number of amides is 1. The molecule has 0 spiro atoms. The number of carbonyl (C=O) groups is 1. The fourth-order valence-electron chi connectivity index (χ4n) is 1.17. The summed E-state index contributed by atoms with van der Waals surface area (Å²) in [5, 5.41) is 2.48. The number of halogens is 3. The molecule has 0 unspecified atom stereocenters. The molecule has 0 aliphatic rings. The monoisotopic (exact) mass is 231 g/mol. The first-order chi connectivity index (χ1) is 7.56. The number of nitrogens with one attached hydrogen (secondary N) is 1. The molecule has 0 bridgehead atoms. The van der Waals surface area contributed by atoms with E-state index in [1.807, 2.05) is 6.92 Å². The van der Waals surface area contributed by atoms with Crippen molar-refractivity contribution in [2.24, 2.45) is 0 Å². The highest BCUT2D eigenvalue weighted by atomic mass is 19.2. The van der Waals surface area contributed by atoms with Gasteiger partial charge in [0.2, 0.25) is 0 Å². The maximum absolute atomic E-state index is 12.8. The number of hydrogen-bond acceptors (Lipinski definition) is 1. The lowest BCUT2D eigenvalue weighted by atomic mass is 10.2. The number of carbonyl (C=O) groups excluding carboxylic acids is 1. The normalized spacial score (nSPS) is 10.2. The quantitative estimate of drug-likeness (QED) is 0.626. The summed E-state index contributed by atoms with van der Waals surface area (Å²) >= 11 is 0. The molecule has 0 saturated carbocycles. The first kappa shape index (κ1) is 12.5. The van der Waals surface area contributed by atoms with Crippen LogP contribution in [-0.2, 0) is 0 Å². The Bertz CT molecular complexity index is 370. The molecular weight excluding hydrogens is 219 g/mol. The van der Waals surface area contributed by atoms with Gasteiger partial charge < -0.3 is 5.32 Å². The standard InChI is InChI=1S/C11H12F3NO/c1-2-3-4-15-11(16)7-5-8(12)10(14)9(13)6-7/h5-6H,2-4H2,1H3,(H,15,16).